The van der Waals surface area contributed by atoms with Crippen LogP contribution >= 0.6 is 12.2 Å². The Balaban J connectivity index is 2.21. The molecule has 0 aliphatic heterocycles. The molecule has 0 spiro atoms. The lowest BCUT2D eigenvalue weighted by Crippen LogP contribution is -2.14. The van der Waals surface area contributed by atoms with Crippen LogP contribution in [-0.4, -0.2) is 10.1 Å². The standard InChI is InChI=1S/C13H10F2N2OS/c14-8-3-4-11(10(15)5-8)17-13(19)9(6-16)12(18)7-1-2-7/h3-5,7,18H,1-2H2,(H,17,19). The molecule has 1 saturated carbocycles. The van der Waals surface area contributed by atoms with Gasteiger partial charge in [-0.2, -0.15) is 5.26 Å². The molecule has 19 heavy (non-hydrogen) atoms. The Kier molecular flexibility index (Phi) is 3.76. The van der Waals surface area contributed by atoms with Crippen LogP contribution in [0.5, 0.6) is 0 Å². The molecule has 0 heterocycles. The molecule has 0 aromatic heterocycles. The molecule has 6 heteroatoms. The number of nitriles is 1. The lowest BCUT2D eigenvalue weighted by Gasteiger charge is -2.09. The molecular weight excluding hydrogens is 270 g/mol. The number of aliphatic hydroxyl groups is 1. The van der Waals surface area contributed by atoms with Gasteiger partial charge in [-0.15, -0.1) is 0 Å². The fourth-order valence-corrected chi connectivity index (χ4v) is 1.82. The number of hydrogen-bond donors (Lipinski definition) is 2. The largest absolute Gasteiger partial charge is 0.511 e. The molecule has 2 rings (SSSR count). The molecule has 1 fully saturated rings. The summed E-state index contributed by atoms with van der Waals surface area (Å²) in [5.41, 5.74) is -0.107. The lowest BCUT2D eigenvalue weighted by molar-refractivity contribution is 0.377. The molecule has 1 aromatic carbocycles. The maximum Gasteiger partial charge on any atom is 0.149 e. The second-order valence-corrected chi connectivity index (χ2v) is 4.63. The normalized spacial score (nSPS) is 15.4. The number of thiocarbonyl (C=S) groups is 1. The first-order chi connectivity index (χ1) is 9.02. The summed E-state index contributed by atoms with van der Waals surface area (Å²) in [6.07, 6.45) is 1.62. The fourth-order valence-electron chi connectivity index (χ4n) is 1.56. The molecule has 0 unspecified atom stereocenters. The minimum Gasteiger partial charge on any atom is -0.511 e. The minimum atomic E-state index is -0.814. The van der Waals surface area contributed by atoms with E-state index in [4.69, 9.17) is 17.5 Å². The van der Waals surface area contributed by atoms with Gasteiger partial charge in [-0.3, -0.25) is 0 Å². The first-order valence-corrected chi connectivity index (χ1v) is 6.03. The van der Waals surface area contributed by atoms with Gasteiger partial charge in [0.05, 0.1) is 5.69 Å². The van der Waals surface area contributed by atoms with Crippen LogP contribution in [0.4, 0.5) is 14.5 Å². The summed E-state index contributed by atoms with van der Waals surface area (Å²) >= 11 is 4.96. The second kappa shape index (κ2) is 5.33. The van der Waals surface area contributed by atoms with Gasteiger partial charge in [0, 0.05) is 12.0 Å². The zero-order chi connectivity index (χ0) is 14.0. The highest BCUT2D eigenvalue weighted by atomic mass is 32.1. The number of benzene rings is 1. The van der Waals surface area contributed by atoms with E-state index in [1.165, 1.54) is 6.07 Å². The molecule has 0 amide bonds. The van der Waals surface area contributed by atoms with Crippen LogP contribution < -0.4 is 5.32 Å². The van der Waals surface area contributed by atoms with Crippen molar-refractivity contribution in [2.45, 2.75) is 12.8 Å². The minimum absolute atomic E-state index is 0.0348. The Morgan fingerprint density at radius 3 is 2.63 bits per heavy atom. The molecule has 3 nitrogen and oxygen atoms in total. The average molecular weight is 280 g/mol. The predicted molar refractivity (Wildman–Crippen MR) is 70.6 cm³/mol. The van der Waals surface area contributed by atoms with E-state index in [9.17, 15) is 13.9 Å². The van der Waals surface area contributed by atoms with Crippen molar-refractivity contribution in [2.24, 2.45) is 5.92 Å². The maximum absolute atomic E-state index is 13.4. The molecular formula is C13H10F2N2OS. The van der Waals surface area contributed by atoms with E-state index in [1.807, 2.05) is 0 Å². The number of allylic oxidation sites excluding steroid dienone is 1. The highest BCUT2D eigenvalue weighted by Crippen LogP contribution is 2.36. The van der Waals surface area contributed by atoms with Gasteiger partial charge in [0.25, 0.3) is 0 Å². The van der Waals surface area contributed by atoms with Gasteiger partial charge >= 0.3 is 0 Å². The van der Waals surface area contributed by atoms with Crippen LogP contribution in [0.25, 0.3) is 0 Å². The van der Waals surface area contributed by atoms with Gasteiger partial charge in [-0.1, -0.05) is 12.2 Å². The Labute approximate surface area is 114 Å². The number of nitrogens with one attached hydrogen (secondary N) is 1. The summed E-state index contributed by atoms with van der Waals surface area (Å²) in [7, 11) is 0. The second-order valence-electron chi connectivity index (χ2n) is 4.22. The molecule has 0 radical (unpaired) electrons. The van der Waals surface area contributed by atoms with Gasteiger partial charge in [-0.05, 0) is 25.0 Å². The highest BCUT2D eigenvalue weighted by Gasteiger charge is 2.29. The summed E-state index contributed by atoms with van der Waals surface area (Å²) in [4.78, 5) is -0.0718. The van der Waals surface area contributed by atoms with E-state index in [-0.39, 0.29) is 27.9 Å². The topological polar surface area (TPSA) is 56.0 Å². The van der Waals surface area contributed by atoms with E-state index in [2.05, 4.69) is 5.32 Å². The summed E-state index contributed by atoms with van der Waals surface area (Å²) < 4.78 is 26.2. The van der Waals surface area contributed by atoms with Crippen LogP contribution in [0.2, 0.25) is 0 Å². The van der Waals surface area contributed by atoms with Crippen LogP contribution in [0.1, 0.15) is 12.8 Å². The van der Waals surface area contributed by atoms with Crippen molar-refractivity contribution in [2.75, 3.05) is 5.32 Å². The third kappa shape index (κ3) is 3.06. The van der Waals surface area contributed by atoms with Crippen molar-refractivity contribution in [3.8, 4) is 6.07 Å². The van der Waals surface area contributed by atoms with Gasteiger partial charge in [0.15, 0.2) is 0 Å². The Bertz CT molecular complexity index is 603. The van der Waals surface area contributed by atoms with Gasteiger partial charge in [-0.25, -0.2) is 8.78 Å². The van der Waals surface area contributed by atoms with Gasteiger partial charge < -0.3 is 10.4 Å². The molecule has 1 aromatic rings. The summed E-state index contributed by atoms with van der Waals surface area (Å²) in [6.45, 7) is 0. The van der Waals surface area contributed by atoms with Crippen LogP contribution in [0.15, 0.2) is 29.5 Å². The number of rotatable bonds is 3. The number of halogens is 2. The molecule has 1 aliphatic rings. The maximum atomic E-state index is 13.4. The van der Waals surface area contributed by atoms with Crippen molar-refractivity contribution >= 4 is 22.9 Å². The number of nitrogens with zero attached hydrogens (tertiary/aromatic N) is 1. The van der Waals surface area contributed by atoms with Crippen LogP contribution in [-0.2, 0) is 0 Å². The van der Waals surface area contributed by atoms with Crippen molar-refractivity contribution in [3.63, 3.8) is 0 Å². The van der Waals surface area contributed by atoms with E-state index in [1.54, 1.807) is 6.07 Å². The molecule has 0 saturated heterocycles. The Morgan fingerprint density at radius 1 is 1.42 bits per heavy atom. The molecule has 0 bridgehead atoms. The van der Waals surface area contributed by atoms with Crippen molar-refractivity contribution in [1.29, 1.82) is 5.26 Å². The third-order valence-corrected chi connectivity index (χ3v) is 3.04. The smallest absolute Gasteiger partial charge is 0.149 e. The number of anilines is 1. The molecule has 2 N–H and O–H groups in total. The number of aliphatic hydroxyl groups excluding tert-OH is 1. The molecule has 0 atom stereocenters. The molecule has 1 aliphatic carbocycles. The Morgan fingerprint density at radius 2 is 2.11 bits per heavy atom. The Hall–Kier alpha value is -2.00. The van der Waals surface area contributed by atoms with E-state index >= 15 is 0 Å². The predicted octanol–water partition coefficient (Wildman–Crippen LogP) is 3.45. The van der Waals surface area contributed by atoms with Crippen molar-refractivity contribution in [1.82, 2.24) is 0 Å². The summed E-state index contributed by atoms with van der Waals surface area (Å²) in [5, 5.41) is 21.3. The van der Waals surface area contributed by atoms with Gasteiger partial charge in [0.2, 0.25) is 0 Å². The van der Waals surface area contributed by atoms with Crippen molar-refractivity contribution in [3.05, 3.63) is 41.2 Å². The monoisotopic (exact) mass is 280 g/mol. The van der Waals surface area contributed by atoms with Gasteiger partial charge in [0.1, 0.15) is 34.0 Å². The summed E-state index contributed by atoms with van der Waals surface area (Å²) in [6, 6.07) is 4.77. The van der Waals surface area contributed by atoms with E-state index < -0.39 is 11.6 Å². The SMILES string of the molecule is N#CC(C(=S)Nc1ccc(F)cc1F)=C(O)C1CC1. The first kappa shape index (κ1) is 13.4. The lowest BCUT2D eigenvalue weighted by atomic mass is 10.2. The zero-order valence-electron chi connectivity index (χ0n) is 9.78. The summed E-state index contributed by atoms with van der Waals surface area (Å²) in [5.74, 6) is -1.62. The third-order valence-electron chi connectivity index (χ3n) is 2.74. The first-order valence-electron chi connectivity index (χ1n) is 5.62. The zero-order valence-corrected chi connectivity index (χ0v) is 10.6. The van der Waals surface area contributed by atoms with E-state index in [0.29, 0.717) is 6.07 Å². The quantitative estimate of drug-likeness (QED) is 0.385. The fraction of sp³-hybridized carbons (Fsp3) is 0.231. The van der Waals surface area contributed by atoms with Crippen molar-refractivity contribution < 1.29 is 13.9 Å². The highest BCUT2D eigenvalue weighted by molar-refractivity contribution is 7.81. The number of hydrogen-bond acceptors (Lipinski definition) is 3. The van der Waals surface area contributed by atoms with Crippen LogP contribution in [0.3, 0.4) is 0 Å². The molecule has 98 valence electrons. The average Bonchev–Trinajstić information content (AvgIpc) is 3.17. The van der Waals surface area contributed by atoms with Crippen LogP contribution in [0, 0.1) is 28.9 Å². The van der Waals surface area contributed by atoms with E-state index in [0.717, 1.165) is 18.9 Å².